The van der Waals surface area contributed by atoms with Gasteiger partial charge < -0.3 is 14.8 Å². The van der Waals surface area contributed by atoms with E-state index in [0.717, 1.165) is 23.7 Å². The van der Waals surface area contributed by atoms with Gasteiger partial charge >= 0.3 is 0 Å². The number of hydrogen-bond acceptors (Lipinski definition) is 3. The number of hydrogen-bond donors (Lipinski definition) is 1. The number of rotatable bonds is 5. The van der Waals surface area contributed by atoms with Crippen LogP contribution in [0.2, 0.25) is 0 Å². The first kappa shape index (κ1) is 15.2. The van der Waals surface area contributed by atoms with Gasteiger partial charge in [0.25, 0.3) is 0 Å². The van der Waals surface area contributed by atoms with Crippen LogP contribution < -0.4 is 14.8 Å². The van der Waals surface area contributed by atoms with Crippen molar-refractivity contribution in [2.45, 2.75) is 27.3 Å². The van der Waals surface area contributed by atoms with E-state index in [4.69, 9.17) is 9.47 Å². The zero-order valence-corrected chi connectivity index (χ0v) is 13.4. The molecule has 0 saturated heterocycles. The highest BCUT2D eigenvalue weighted by Crippen LogP contribution is 2.29. The highest BCUT2D eigenvalue weighted by Gasteiger charge is 2.07. The third kappa shape index (κ3) is 3.48. The van der Waals surface area contributed by atoms with E-state index < -0.39 is 0 Å². The molecule has 0 heterocycles. The molecular formula is C18H23NO2. The normalized spacial score (nSPS) is 10.3. The largest absolute Gasteiger partial charge is 0.497 e. The molecule has 0 aromatic heterocycles. The molecule has 0 saturated carbocycles. The summed E-state index contributed by atoms with van der Waals surface area (Å²) >= 11 is 0. The molecule has 0 amide bonds. The van der Waals surface area contributed by atoms with E-state index in [1.165, 1.54) is 22.3 Å². The van der Waals surface area contributed by atoms with Gasteiger partial charge in [-0.05, 0) is 49.6 Å². The van der Waals surface area contributed by atoms with Crippen LogP contribution in [0.5, 0.6) is 11.5 Å². The van der Waals surface area contributed by atoms with Gasteiger partial charge in [0, 0.05) is 12.6 Å². The van der Waals surface area contributed by atoms with Gasteiger partial charge in [-0.1, -0.05) is 17.7 Å². The van der Waals surface area contributed by atoms with Crippen LogP contribution >= 0.6 is 0 Å². The highest BCUT2D eigenvalue weighted by molar-refractivity contribution is 5.60. The molecule has 0 atom stereocenters. The average molecular weight is 285 g/mol. The molecule has 3 heteroatoms. The predicted octanol–water partition coefficient (Wildman–Crippen LogP) is 4.24. The number of nitrogens with one attached hydrogen (secondary N) is 1. The van der Waals surface area contributed by atoms with Crippen LogP contribution in [0.1, 0.15) is 22.3 Å². The molecule has 0 aliphatic rings. The van der Waals surface area contributed by atoms with Gasteiger partial charge in [-0.15, -0.1) is 0 Å². The molecule has 3 nitrogen and oxygen atoms in total. The third-order valence-corrected chi connectivity index (χ3v) is 3.70. The van der Waals surface area contributed by atoms with Crippen molar-refractivity contribution < 1.29 is 9.47 Å². The Morgan fingerprint density at radius 2 is 1.57 bits per heavy atom. The van der Waals surface area contributed by atoms with Crippen molar-refractivity contribution in [2.75, 3.05) is 19.5 Å². The number of methoxy groups -OCH3 is 2. The molecule has 21 heavy (non-hydrogen) atoms. The van der Waals surface area contributed by atoms with Gasteiger partial charge in [-0.25, -0.2) is 0 Å². The Morgan fingerprint density at radius 1 is 0.905 bits per heavy atom. The molecule has 0 spiro atoms. The van der Waals surface area contributed by atoms with Gasteiger partial charge in [-0.2, -0.15) is 0 Å². The summed E-state index contributed by atoms with van der Waals surface area (Å²) in [5, 5.41) is 3.45. The lowest BCUT2D eigenvalue weighted by Gasteiger charge is -2.16. The molecule has 0 aliphatic heterocycles. The second kappa shape index (κ2) is 6.53. The van der Waals surface area contributed by atoms with Gasteiger partial charge in [0.15, 0.2) is 0 Å². The number of ether oxygens (including phenoxy) is 2. The van der Waals surface area contributed by atoms with E-state index in [0.29, 0.717) is 0 Å². The van der Waals surface area contributed by atoms with E-state index in [9.17, 15) is 0 Å². The van der Waals surface area contributed by atoms with Crippen LogP contribution in [0, 0.1) is 20.8 Å². The van der Waals surface area contributed by atoms with Crippen LogP contribution in [0.3, 0.4) is 0 Å². The first-order chi connectivity index (χ1) is 10.0. The minimum absolute atomic E-state index is 0.765. The standard InChI is InChI=1S/C18H23NO2/c1-12-8-13(2)16(14(3)9-12)11-19-17-10-15(20-4)6-7-18(17)21-5/h6-10,19H,11H2,1-5H3. The lowest BCUT2D eigenvalue weighted by molar-refractivity contribution is 0.404. The van der Waals surface area contributed by atoms with E-state index in [1.54, 1.807) is 14.2 Å². The Hall–Kier alpha value is -2.16. The van der Waals surface area contributed by atoms with Crippen molar-refractivity contribution in [3.8, 4) is 11.5 Å². The second-order valence-electron chi connectivity index (χ2n) is 5.30. The lowest BCUT2D eigenvalue weighted by Crippen LogP contribution is -2.05. The molecule has 0 bridgehead atoms. The minimum Gasteiger partial charge on any atom is -0.497 e. The van der Waals surface area contributed by atoms with E-state index in [-0.39, 0.29) is 0 Å². The molecule has 0 aliphatic carbocycles. The van der Waals surface area contributed by atoms with Gasteiger partial charge in [0.05, 0.1) is 19.9 Å². The van der Waals surface area contributed by atoms with Crippen molar-refractivity contribution >= 4 is 5.69 Å². The quantitative estimate of drug-likeness (QED) is 0.891. The summed E-state index contributed by atoms with van der Waals surface area (Å²) in [6, 6.07) is 10.2. The molecule has 0 unspecified atom stereocenters. The molecule has 0 radical (unpaired) electrons. The molecule has 112 valence electrons. The summed E-state index contributed by atoms with van der Waals surface area (Å²) in [6.45, 7) is 7.20. The van der Waals surface area contributed by atoms with Crippen molar-refractivity contribution in [1.82, 2.24) is 0 Å². The number of benzene rings is 2. The predicted molar refractivity (Wildman–Crippen MR) is 87.5 cm³/mol. The highest BCUT2D eigenvalue weighted by atomic mass is 16.5. The first-order valence-corrected chi connectivity index (χ1v) is 7.07. The maximum Gasteiger partial charge on any atom is 0.142 e. The molecule has 0 fully saturated rings. The molecule has 2 aromatic carbocycles. The molecule has 1 N–H and O–H groups in total. The summed E-state index contributed by atoms with van der Waals surface area (Å²) < 4.78 is 10.7. The van der Waals surface area contributed by atoms with Crippen molar-refractivity contribution in [2.24, 2.45) is 0 Å². The Labute approximate surface area is 126 Å². The Balaban J connectivity index is 2.24. The first-order valence-electron chi connectivity index (χ1n) is 7.07. The van der Waals surface area contributed by atoms with E-state index in [2.05, 4.69) is 38.2 Å². The summed E-state index contributed by atoms with van der Waals surface area (Å²) in [7, 11) is 3.34. The zero-order chi connectivity index (χ0) is 15.4. The monoisotopic (exact) mass is 285 g/mol. The second-order valence-corrected chi connectivity index (χ2v) is 5.30. The summed E-state index contributed by atoms with van der Waals surface area (Å²) in [5.41, 5.74) is 6.18. The summed E-state index contributed by atoms with van der Waals surface area (Å²) in [4.78, 5) is 0. The maximum atomic E-state index is 5.39. The summed E-state index contributed by atoms with van der Waals surface area (Å²) in [5.74, 6) is 1.63. The maximum absolute atomic E-state index is 5.39. The van der Waals surface area contributed by atoms with Crippen LogP contribution in [0.4, 0.5) is 5.69 Å². The Morgan fingerprint density at radius 3 is 2.14 bits per heavy atom. The van der Waals surface area contributed by atoms with Gasteiger partial charge in [0.1, 0.15) is 11.5 Å². The van der Waals surface area contributed by atoms with E-state index in [1.807, 2.05) is 18.2 Å². The third-order valence-electron chi connectivity index (χ3n) is 3.70. The molecule has 2 aromatic rings. The number of aryl methyl sites for hydroxylation is 3. The van der Waals surface area contributed by atoms with Crippen LogP contribution in [-0.4, -0.2) is 14.2 Å². The fraction of sp³-hybridized carbons (Fsp3) is 0.333. The molecule has 2 rings (SSSR count). The van der Waals surface area contributed by atoms with E-state index >= 15 is 0 Å². The fourth-order valence-electron chi connectivity index (χ4n) is 2.62. The Bertz CT molecular complexity index is 612. The lowest BCUT2D eigenvalue weighted by atomic mass is 10.00. The molecular weight excluding hydrogens is 262 g/mol. The van der Waals surface area contributed by atoms with Gasteiger partial charge in [-0.3, -0.25) is 0 Å². The van der Waals surface area contributed by atoms with Crippen molar-refractivity contribution in [3.63, 3.8) is 0 Å². The van der Waals surface area contributed by atoms with Crippen LogP contribution in [0.15, 0.2) is 30.3 Å². The fourth-order valence-corrected chi connectivity index (χ4v) is 2.62. The van der Waals surface area contributed by atoms with Crippen molar-refractivity contribution in [1.29, 1.82) is 0 Å². The van der Waals surface area contributed by atoms with Gasteiger partial charge in [0.2, 0.25) is 0 Å². The number of anilines is 1. The zero-order valence-electron chi connectivity index (χ0n) is 13.4. The van der Waals surface area contributed by atoms with Crippen molar-refractivity contribution in [3.05, 3.63) is 52.6 Å². The average Bonchev–Trinajstić information content (AvgIpc) is 2.45. The van der Waals surface area contributed by atoms with Crippen LogP contribution in [0.25, 0.3) is 0 Å². The smallest absolute Gasteiger partial charge is 0.142 e. The van der Waals surface area contributed by atoms with Crippen LogP contribution in [-0.2, 0) is 6.54 Å². The topological polar surface area (TPSA) is 30.5 Å². The SMILES string of the molecule is COc1ccc(OC)c(NCc2c(C)cc(C)cc2C)c1. The summed E-state index contributed by atoms with van der Waals surface area (Å²) in [6.07, 6.45) is 0. The Kier molecular flexibility index (Phi) is 4.73. The minimum atomic E-state index is 0.765.